The van der Waals surface area contributed by atoms with Crippen molar-refractivity contribution in [2.75, 3.05) is 20.8 Å². The largest absolute Gasteiger partial charge is 0.493 e. The molecule has 0 unspecified atom stereocenters. The number of carbonyl (C=O) groups is 2. The van der Waals surface area contributed by atoms with Gasteiger partial charge in [0, 0.05) is 17.2 Å². The van der Waals surface area contributed by atoms with E-state index in [-0.39, 0.29) is 22.8 Å². The van der Waals surface area contributed by atoms with Crippen LogP contribution in [0.4, 0.5) is 5.69 Å². The van der Waals surface area contributed by atoms with Crippen molar-refractivity contribution in [3.05, 3.63) is 62.7 Å². The van der Waals surface area contributed by atoms with E-state index in [1.807, 2.05) is 0 Å². The number of halogens is 1. The van der Waals surface area contributed by atoms with Gasteiger partial charge < -0.3 is 14.8 Å². The summed E-state index contributed by atoms with van der Waals surface area (Å²) in [6, 6.07) is 8.66. The molecule has 0 radical (unpaired) electrons. The summed E-state index contributed by atoms with van der Waals surface area (Å²) >= 11 is 5.72. The number of ether oxygens (including phenoxy) is 2. The number of hydrazone groups is 1. The van der Waals surface area contributed by atoms with E-state index in [9.17, 15) is 19.7 Å². The second kappa shape index (κ2) is 10.0. The van der Waals surface area contributed by atoms with E-state index in [1.165, 1.54) is 50.8 Å². The minimum Gasteiger partial charge on any atom is -0.493 e. The number of nitrogens with one attached hydrogen (secondary N) is 2. The Kier molecular flexibility index (Phi) is 7.49. The van der Waals surface area contributed by atoms with Gasteiger partial charge in [0.15, 0.2) is 11.5 Å². The average Bonchev–Trinajstić information content (AvgIpc) is 2.72. The molecule has 2 N–H and O–H groups in total. The number of hydrogen-bond donors (Lipinski definition) is 2. The van der Waals surface area contributed by atoms with Gasteiger partial charge in [-0.15, -0.1) is 0 Å². The molecule has 2 aromatic carbocycles. The maximum Gasteiger partial charge on any atom is 0.288 e. The maximum atomic E-state index is 12.1. The van der Waals surface area contributed by atoms with E-state index in [4.69, 9.17) is 21.1 Å². The summed E-state index contributed by atoms with van der Waals surface area (Å²) in [6.45, 7) is -0.328. The Morgan fingerprint density at radius 2 is 1.90 bits per heavy atom. The molecule has 2 amide bonds. The Morgan fingerprint density at radius 1 is 1.17 bits per heavy atom. The molecule has 11 heteroatoms. The molecular formula is C18H17ClN4O6. The van der Waals surface area contributed by atoms with Gasteiger partial charge >= 0.3 is 0 Å². The maximum absolute atomic E-state index is 12.1. The molecule has 0 aliphatic rings. The lowest BCUT2D eigenvalue weighted by molar-refractivity contribution is -0.384. The number of hydrogen-bond acceptors (Lipinski definition) is 7. The van der Waals surface area contributed by atoms with E-state index in [0.29, 0.717) is 17.1 Å². The number of nitrogens with zero attached hydrogens (tertiary/aromatic N) is 2. The summed E-state index contributed by atoms with van der Waals surface area (Å²) in [5.41, 5.74) is 2.59. The molecule has 0 bridgehead atoms. The van der Waals surface area contributed by atoms with Crippen LogP contribution in [0.15, 0.2) is 41.5 Å². The van der Waals surface area contributed by atoms with Crippen LogP contribution in [0.3, 0.4) is 0 Å². The highest BCUT2D eigenvalue weighted by Gasteiger charge is 2.13. The van der Waals surface area contributed by atoms with Crippen molar-refractivity contribution in [3.8, 4) is 11.5 Å². The predicted molar refractivity (Wildman–Crippen MR) is 106 cm³/mol. The fourth-order valence-corrected chi connectivity index (χ4v) is 2.39. The fourth-order valence-electron chi connectivity index (χ4n) is 2.21. The third-order valence-electron chi connectivity index (χ3n) is 3.62. The van der Waals surface area contributed by atoms with Crippen molar-refractivity contribution in [1.82, 2.24) is 10.7 Å². The molecule has 0 aliphatic carbocycles. The Labute approximate surface area is 170 Å². The standard InChI is InChI=1S/C18H17ClN4O6/c1-28-15-6-4-12(8-16(15)29-2)18(25)20-10-17(24)22-21-9-11-3-5-13(19)14(7-11)23(26)27/h3-9H,10H2,1-2H3,(H,20,25)(H,22,24). The van der Waals surface area contributed by atoms with Gasteiger partial charge in [0.25, 0.3) is 17.5 Å². The number of methoxy groups -OCH3 is 2. The Balaban J connectivity index is 1.90. The topological polar surface area (TPSA) is 132 Å². The van der Waals surface area contributed by atoms with E-state index in [2.05, 4.69) is 15.8 Å². The molecule has 0 saturated heterocycles. The Hall–Kier alpha value is -3.66. The highest BCUT2D eigenvalue weighted by atomic mass is 35.5. The van der Waals surface area contributed by atoms with Crippen molar-refractivity contribution in [3.63, 3.8) is 0 Å². The predicted octanol–water partition coefficient (Wildman–Crippen LogP) is 2.15. The lowest BCUT2D eigenvalue weighted by Gasteiger charge is -2.09. The number of carbonyl (C=O) groups excluding carboxylic acids is 2. The van der Waals surface area contributed by atoms with Crippen molar-refractivity contribution < 1.29 is 24.0 Å². The first-order chi connectivity index (χ1) is 13.8. The molecule has 0 spiro atoms. The first kappa shape index (κ1) is 21.6. The zero-order valence-electron chi connectivity index (χ0n) is 15.5. The summed E-state index contributed by atoms with van der Waals surface area (Å²) in [6.07, 6.45) is 1.22. The highest BCUT2D eigenvalue weighted by molar-refractivity contribution is 6.32. The van der Waals surface area contributed by atoms with Crippen LogP contribution in [-0.4, -0.2) is 43.7 Å². The molecule has 152 valence electrons. The summed E-state index contributed by atoms with van der Waals surface area (Å²) in [7, 11) is 2.92. The minimum absolute atomic E-state index is 0.00550. The molecular weight excluding hydrogens is 404 g/mol. The molecule has 29 heavy (non-hydrogen) atoms. The van der Waals surface area contributed by atoms with Crippen LogP contribution in [0, 0.1) is 10.1 Å². The molecule has 2 rings (SSSR count). The van der Waals surface area contributed by atoms with Crippen molar-refractivity contribution in [1.29, 1.82) is 0 Å². The lowest BCUT2D eigenvalue weighted by atomic mass is 10.2. The SMILES string of the molecule is COc1ccc(C(=O)NCC(=O)NN=Cc2ccc(Cl)c([N+](=O)[O-])c2)cc1OC. The summed E-state index contributed by atoms with van der Waals surface area (Å²) in [5.74, 6) is -0.221. The molecule has 0 aromatic heterocycles. The van der Waals surface area contributed by atoms with Gasteiger partial charge in [0.1, 0.15) is 5.02 Å². The van der Waals surface area contributed by atoms with Crippen LogP contribution in [0.5, 0.6) is 11.5 Å². The summed E-state index contributed by atoms with van der Waals surface area (Å²) in [5, 5.41) is 17.0. The van der Waals surface area contributed by atoms with Gasteiger partial charge in [-0.1, -0.05) is 17.7 Å². The first-order valence-corrected chi connectivity index (χ1v) is 8.49. The van der Waals surface area contributed by atoms with Gasteiger partial charge in [0.2, 0.25) is 0 Å². The summed E-state index contributed by atoms with van der Waals surface area (Å²) < 4.78 is 10.2. The second-order valence-electron chi connectivity index (χ2n) is 5.51. The minimum atomic E-state index is -0.623. The molecule has 10 nitrogen and oxygen atoms in total. The third kappa shape index (κ3) is 5.91. The molecule has 0 heterocycles. The van der Waals surface area contributed by atoms with Crippen molar-refractivity contribution in [2.24, 2.45) is 5.10 Å². The normalized spacial score (nSPS) is 10.4. The number of nitro groups is 1. The van der Waals surface area contributed by atoms with Crippen molar-refractivity contribution in [2.45, 2.75) is 0 Å². The molecule has 0 aliphatic heterocycles. The van der Waals surface area contributed by atoms with Crippen molar-refractivity contribution >= 4 is 35.3 Å². The monoisotopic (exact) mass is 420 g/mol. The number of benzene rings is 2. The highest BCUT2D eigenvalue weighted by Crippen LogP contribution is 2.27. The second-order valence-corrected chi connectivity index (χ2v) is 5.92. The van der Waals surface area contributed by atoms with Crippen LogP contribution in [0.1, 0.15) is 15.9 Å². The Bertz CT molecular complexity index is 963. The number of amides is 2. The Morgan fingerprint density at radius 3 is 2.55 bits per heavy atom. The fraction of sp³-hybridized carbons (Fsp3) is 0.167. The molecule has 0 saturated carbocycles. The third-order valence-corrected chi connectivity index (χ3v) is 3.94. The zero-order chi connectivity index (χ0) is 21.4. The number of nitro benzene ring substituents is 1. The van der Waals surface area contributed by atoms with Crippen LogP contribution in [-0.2, 0) is 4.79 Å². The van der Waals surface area contributed by atoms with Crippen LogP contribution < -0.4 is 20.2 Å². The summed E-state index contributed by atoms with van der Waals surface area (Å²) in [4.78, 5) is 34.2. The van der Waals surface area contributed by atoms with Gasteiger partial charge in [-0.25, -0.2) is 5.43 Å². The molecule has 2 aromatic rings. The zero-order valence-corrected chi connectivity index (χ0v) is 16.2. The van der Waals surface area contributed by atoms with E-state index in [0.717, 1.165) is 0 Å². The van der Waals surface area contributed by atoms with Gasteiger partial charge in [-0.3, -0.25) is 19.7 Å². The van der Waals surface area contributed by atoms with Crippen LogP contribution >= 0.6 is 11.6 Å². The van der Waals surface area contributed by atoms with E-state index >= 15 is 0 Å². The molecule has 0 fully saturated rings. The van der Waals surface area contributed by atoms with E-state index in [1.54, 1.807) is 6.07 Å². The van der Waals surface area contributed by atoms with Gasteiger partial charge in [0.05, 0.1) is 31.9 Å². The quantitative estimate of drug-likeness (QED) is 0.382. The number of rotatable bonds is 8. The average molecular weight is 421 g/mol. The van der Waals surface area contributed by atoms with Crippen LogP contribution in [0.25, 0.3) is 0 Å². The van der Waals surface area contributed by atoms with Gasteiger partial charge in [-0.2, -0.15) is 5.10 Å². The van der Waals surface area contributed by atoms with Gasteiger partial charge in [-0.05, 0) is 24.3 Å². The van der Waals surface area contributed by atoms with Crippen LogP contribution in [0.2, 0.25) is 5.02 Å². The first-order valence-electron chi connectivity index (χ1n) is 8.11. The van der Waals surface area contributed by atoms with E-state index < -0.39 is 16.7 Å². The molecule has 0 atom stereocenters. The smallest absolute Gasteiger partial charge is 0.288 e. The lowest BCUT2D eigenvalue weighted by Crippen LogP contribution is -2.34.